The Morgan fingerprint density at radius 2 is 1.76 bits per heavy atom. The highest BCUT2D eigenvalue weighted by Crippen LogP contribution is 2.41. The van der Waals surface area contributed by atoms with Crippen LogP contribution in [0.5, 0.6) is 5.75 Å². The van der Waals surface area contributed by atoms with Crippen molar-refractivity contribution in [1.29, 1.82) is 0 Å². The quantitative estimate of drug-likeness (QED) is 0.501. The predicted molar refractivity (Wildman–Crippen MR) is 124 cm³/mol. The van der Waals surface area contributed by atoms with E-state index in [9.17, 15) is 31.9 Å². The molecule has 5 rings (SSSR count). The number of amides is 1. The number of anilines is 1. The highest BCUT2D eigenvalue weighted by molar-refractivity contribution is 5.91. The molecule has 2 fully saturated rings. The van der Waals surface area contributed by atoms with E-state index in [0.717, 1.165) is 0 Å². The van der Waals surface area contributed by atoms with Crippen LogP contribution in [0.4, 0.5) is 27.9 Å². The van der Waals surface area contributed by atoms with Crippen molar-refractivity contribution in [2.45, 2.75) is 6.18 Å². The van der Waals surface area contributed by atoms with Crippen LogP contribution >= 0.6 is 0 Å². The Kier molecular flexibility index (Phi) is 6.81. The molecule has 2 saturated heterocycles. The maximum Gasteiger partial charge on any atom is 0.419 e. The molecule has 0 unspecified atom stereocenters. The molecule has 0 spiro atoms. The van der Waals surface area contributed by atoms with Gasteiger partial charge in [0.15, 0.2) is 23.0 Å². The van der Waals surface area contributed by atoms with Crippen molar-refractivity contribution >= 4 is 22.9 Å². The van der Waals surface area contributed by atoms with Crippen LogP contribution < -0.4 is 4.90 Å². The number of rotatable bonds is 4. The fourth-order valence-electron chi connectivity index (χ4n) is 4.59. The molecule has 0 saturated carbocycles. The van der Waals surface area contributed by atoms with Gasteiger partial charge in [-0.1, -0.05) is 0 Å². The molecule has 15 heteroatoms. The molecule has 2 aliphatic rings. The average molecular weight is 541 g/mol. The molecule has 38 heavy (non-hydrogen) atoms. The number of nitrogens with zero attached hydrogens (tertiary/aromatic N) is 7. The molecule has 2 aromatic heterocycles. The van der Waals surface area contributed by atoms with E-state index in [1.54, 1.807) is 4.90 Å². The number of phenols is 1. The molecule has 0 atom stereocenters. The zero-order chi connectivity index (χ0) is 27.2. The van der Waals surface area contributed by atoms with E-state index in [1.807, 2.05) is 4.90 Å². The van der Waals surface area contributed by atoms with Crippen LogP contribution in [0.1, 0.15) is 5.56 Å². The number of morpholine rings is 1. The Hall–Kier alpha value is -3.59. The first kappa shape index (κ1) is 26.0. The van der Waals surface area contributed by atoms with E-state index < -0.39 is 34.7 Å². The summed E-state index contributed by atoms with van der Waals surface area (Å²) in [7, 11) is 1.47. The number of ether oxygens (including phenoxy) is 1. The summed E-state index contributed by atoms with van der Waals surface area (Å²) in [6, 6.07) is 0.271. The van der Waals surface area contributed by atoms with Crippen LogP contribution in [-0.2, 0) is 22.8 Å². The highest BCUT2D eigenvalue weighted by atomic mass is 19.4. The number of benzene rings is 1. The Balaban J connectivity index is 1.36. The lowest BCUT2D eigenvalue weighted by molar-refractivity contribution is -0.140. The summed E-state index contributed by atoms with van der Waals surface area (Å²) in [5.74, 6) is -5.07. The van der Waals surface area contributed by atoms with Crippen molar-refractivity contribution in [3.8, 4) is 17.0 Å². The topological polar surface area (TPSA) is 99.9 Å². The van der Waals surface area contributed by atoms with Crippen LogP contribution in [0.25, 0.3) is 22.3 Å². The Morgan fingerprint density at radius 1 is 1.08 bits per heavy atom. The zero-order valence-corrected chi connectivity index (χ0v) is 20.3. The molecule has 1 N–H and O–H groups in total. The van der Waals surface area contributed by atoms with Gasteiger partial charge in [0.2, 0.25) is 11.9 Å². The fraction of sp³-hybridized carbons (Fsp3) is 0.478. The standard InChI is InChI=1S/C23H24F5N7O3/c1-32-21-14(19(31-32)13-10-15(23(26,27)28)18(25)20(37)17(13)24)11-29-22(30-21)35-4-2-34(3-5-35)16(36)12-33-6-8-38-9-7-33/h10-11,37H,2-9,12H2,1H3. The maximum absolute atomic E-state index is 14.7. The van der Waals surface area contributed by atoms with Gasteiger partial charge in [-0.2, -0.15) is 23.3 Å². The average Bonchev–Trinajstić information content (AvgIpc) is 3.22. The first-order valence-corrected chi connectivity index (χ1v) is 11.9. The van der Waals surface area contributed by atoms with Crippen molar-refractivity contribution in [3.63, 3.8) is 0 Å². The second-order valence-corrected chi connectivity index (χ2v) is 9.08. The molecule has 0 aliphatic carbocycles. The van der Waals surface area contributed by atoms with E-state index in [2.05, 4.69) is 20.0 Å². The number of aryl methyl sites for hydroxylation is 1. The SMILES string of the molecule is Cn1nc(-c2cc(C(F)(F)F)c(F)c(O)c2F)c2cnc(N3CCN(C(=O)CN4CCOCC4)CC3)nc21. The lowest BCUT2D eigenvalue weighted by Gasteiger charge is -2.36. The minimum absolute atomic E-state index is 0.0296. The van der Waals surface area contributed by atoms with Gasteiger partial charge in [-0.25, -0.2) is 18.4 Å². The lowest BCUT2D eigenvalue weighted by atomic mass is 10.0. The number of alkyl halides is 3. The van der Waals surface area contributed by atoms with Gasteiger partial charge in [-0.15, -0.1) is 0 Å². The molecule has 3 aromatic rings. The van der Waals surface area contributed by atoms with Crippen LogP contribution in [0.2, 0.25) is 0 Å². The zero-order valence-electron chi connectivity index (χ0n) is 20.3. The van der Waals surface area contributed by atoms with Gasteiger partial charge in [0.25, 0.3) is 0 Å². The van der Waals surface area contributed by atoms with Crippen molar-refractivity contribution < 1.29 is 36.6 Å². The molecule has 2 aliphatic heterocycles. The highest BCUT2D eigenvalue weighted by Gasteiger charge is 2.38. The Labute approximate surface area is 213 Å². The third-order valence-corrected chi connectivity index (χ3v) is 6.68. The maximum atomic E-state index is 14.7. The van der Waals surface area contributed by atoms with Gasteiger partial charge in [0, 0.05) is 58.1 Å². The van der Waals surface area contributed by atoms with Gasteiger partial charge in [-0.05, 0) is 6.07 Å². The van der Waals surface area contributed by atoms with Gasteiger partial charge in [0.1, 0.15) is 5.69 Å². The van der Waals surface area contributed by atoms with Crippen molar-refractivity contribution in [1.82, 2.24) is 29.5 Å². The lowest BCUT2D eigenvalue weighted by Crippen LogP contribution is -2.52. The number of hydrogen-bond donors (Lipinski definition) is 1. The van der Waals surface area contributed by atoms with Crippen molar-refractivity contribution in [2.24, 2.45) is 7.05 Å². The summed E-state index contributed by atoms with van der Waals surface area (Å²) in [6.07, 6.45) is -3.87. The molecule has 1 amide bonds. The number of carbonyl (C=O) groups excluding carboxylic acids is 1. The molecule has 10 nitrogen and oxygen atoms in total. The van der Waals surface area contributed by atoms with E-state index in [4.69, 9.17) is 4.74 Å². The van der Waals surface area contributed by atoms with Gasteiger partial charge < -0.3 is 19.6 Å². The summed E-state index contributed by atoms with van der Waals surface area (Å²) in [5.41, 5.74) is -2.62. The third-order valence-electron chi connectivity index (χ3n) is 6.68. The van der Waals surface area contributed by atoms with Gasteiger partial charge in [0.05, 0.1) is 30.7 Å². The summed E-state index contributed by atoms with van der Waals surface area (Å²) in [6.45, 7) is 4.81. The largest absolute Gasteiger partial charge is 0.503 e. The fourth-order valence-corrected chi connectivity index (χ4v) is 4.59. The molecule has 0 radical (unpaired) electrons. The molecule has 1 aromatic carbocycles. The second-order valence-electron chi connectivity index (χ2n) is 9.08. The normalized spacial score (nSPS) is 17.4. The van der Waals surface area contributed by atoms with Crippen molar-refractivity contribution in [3.05, 3.63) is 29.5 Å². The third kappa shape index (κ3) is 4.82. The molecule has 4 heterocycles. The van der Waals surface area contributed by atoms with E-state index >= 15 is 0 Å². The first-order chi connectivity index (χ1) is 18.0. The Bertz CT molecular complexity index is 1370. The first-order valence-electron chi connectivity index (χ1n) is 11.9. The Morgan fingerprint density at radius 3 is 2.42 bits per heavy atom. The predicted octanol–water partition coefficient (Wildman–Crippen LogP) is 2.01. The molecule has 0 bridgehead atoms. The number of halogens is 5. The summed E-state index contributed by atoms with van der Waals surface area (Å²) >= 11 is 0. The van der Waals surface area contributed by atoms with Crippen molar-refractivity contribution in [2.75, 3.05) is 63.9 Å². The smallest absolute Gasteiger partial charge is 0.419 e. The number of phenolic OH excluding ortho intramolecular Hbond substituents is 1. The van der Waals surface area contributed by atoms with Crippen LogP contribution in [0.15, 0.2) is 12.3 Å². The molecular formula is C23H24F5N7O3. The number of piperazine rings is 1. The number of fused-ring (bicyclic) bond motifs is 1. The monoisotopic (exact) mass is 541 g/mol. The van der Waals surface area contributed by atoms with Crippen LogP contribution in [-0.4, -0.2) is 99.6 Å². The molecule has 204 valence electrons. The van der Waals surface area contributed by atoms with Crippen LogP contribution in [0, 0.1) is 11.6 Å². The number of aromatic hydroxyl groups is 1. The number of carbonyl (C=O) groups is 1. The van der Waals surface area contributed by atoms with Gasteiger partial charge in [-0.3, -0.25) is 9.69 Å². The summed E-state index contributed by atoms with van der Waals surface area (Å²) in [4.78, 5) is 27.1. The van der Waals surface area contributed by atoms with Crippen LogP contribution in [0.3, 0.4) is 0 Å². The van der Waals surface area contributed by atoms with E-state index in [-0.39, 0.29) is 28.7 Å². The minimum Gasteiger partial charge on any atom is -0.503 e. The second kappa shape index (κ2) is 9.94. The van der Waals surface area contributed by atoms with E-state index in [1.165, 1.54) is 17.9 Å². The van der Waals surface area contributed by atoms with E-state index in [0.29, 0.717) is 65.0 Å². The summed E-state index contributed by atoms with van der Waals surface area (Å²) < 4.78 is 75.0. The number of aromatic nitrogens is 4. The van der Waals surface area contributed by atoms with Gasteiger partial charge >= 0.3 is 6.18 Å². The minimum atomic E-state index is -5.16. The summed E-state index contributed by atoms with van der Waals surface area (Å²) in [5, 5.41) is 13.9. The number of hydrogen-bond acceptors (Lipinski definition) is 8. The molecular weight excluding hydrogens is 517 g/mol.